The number of Topliss-reactive ketones (excluding diaryl/α,β-unsaturated/α-hetero) is 1. The number of carbonyl (C=O) groups excluding carboxylic acids is 1. The van der Waals surface area contributed by atoms with Crippen LogP contribution in [0.4, 0.5) is 5.82 Å². The van der Waals surface area contributed by atoms with Gasteiger partial charge in [-0.05, 0) is 31.9 Å². The van der Waals surface area contributed by atoms with Crippen LogP contribution in [0, 0.1) is 5.92 Å². The lowest BCUT2D eigenvalue weighted by Crippen LogP contribution is -2.48. The zero-order valence-corrected chi connectivity index (χ0v) is 14.5. The Morgan fingerprint density at radius 1 is 1.33 bits per heavy atom. The van der Waals surface area contributed by atoms with E-state index in [1.54, 1.807) is 6.33 Å². The van der Waals surface area contributed by atoms with Gasteiger partial charge < -0.3 is 9.88 Å². The van der Waals surface area contributed by atoms with Gasteiger partial charge in [0.25, 0.3) is 0 Å². The largest absolute Gasteiger partial charge is 0.354 e. The second-order valence-corrected chi connectivity index (χ2v) is 7.48. The summed E-state index contributed by atoms with van der Waals surface area (Å²) < 4.78 is 0. The summed E-state index contributed by atoms with van der Waals surface area (Å²) in [6.07, 6.45) is 7.01. The lowest BCUT2D eigenvalue weighted by Gasteiger charge is -2.35. The Morgan fingerprint density at radius 2 is 2.21 bits per heavy atom. The lowest BCUT2D eigenvalue weighted by molar-refractivity contribution is -0.124. The molecule has 1 atom stereocenters. The molecule has 1 N–H and O–H groups in total. The fourth-order valence-corrected chi connectivity index (χ4v) is 4.22. The van der Waals surface area contributed by atoms with Crippen molar-refractivity contribution >= 4 is 22.6 Å². The zero-order valence-electron chi connectivity index (χ0n) is 14.5. The molecule has 128 valence electrons. The first kappa shape index (κ1) is 15.6. The molecule has 0 radical (unpaired) electrons. The average molecular weight is 327 g/mol. The molecule has 2 fully saturated rings. The Morgan fingerprint density at radius 3 is 3.04 bits per heavy atom. The Kier molecular flexibility index (Phi) is 3.79. The van der Waals surface area contributed by atoms with Crippen LogP contribution >= 0.6 is 0 Å². The number of rotatable bonds is 4. The smallest absolute Gasteiger partial charge is 0.149 e. The first-order chi connectivity index (χ1) is 11.6. The van der Waals surface area contributed by atoms with Gasteiger partial charge in [-0.3, -0.25) is 9.69 Å². The van der Waals surface area contributed by atoms with Gasteiger partial charge >= 0.3 is 0 Å². The van der Waals surface area contributed by atoms with Gasteiger partial charge in [-0.1, -0.05) is 13.8 Å². The molecule has 1 unspecified atom stereocenters. The van der Waals surface area contributed by atoms with Crippen molar-refractivity contribution in [3.8, 4) is 0 Å². The van der Waals surface area contributed by atoms with Gasteiger partial charge in [0, 0.05) is 30.7 Å². The molecule has 6 heteroatoms. The van der Waals surface area contributed by atoms with E-state index in [0.717, 1.165) is 42.9 Å². The van der Waals surface area contributed by atoms with Crippen LogP contribution in [0.2, 0.25) is 0 Å². The van der Waals surface area contributed by atoms with E-state index in [2.05, 4.69) is 24.8 Å². The molecule has 2 aliphatic heterocycles. The molecule has 6 nitrogen and oxygen atoms in total. The topological polar surface area (TPSA) is 65.1 Å². The molecule has 2 aromatic heterocycles. The van der Waals surface area contributed by atoms with Gasteiger partial charge in [0.05, 0.1) is 11.9 Å². The maximum Gasteiger partial charge on any atom is 0.149 e. The average Bonchev–Trinajstić information content (AvgIpc) is 3.29. The second kappa shape index (κ2) is 5.84. The number of fused-ring (bicyclic) bond motifs is 1. The van der Waals surface area contributed by atoms with E-state index in [0.29, 0.717) is 12.3 Å². The minimum absolute atomic E-state index is 0.113. The zero-order chi connectivity index (χ0) is 16.7. The third kappa shape index (κ3) is 2.49. The normalized spacial score (nSPS) is 24.7. The van der Waals surface area contributed by atoms with Crippen LogP contribution in [0.1, 0.15) is 33.1 Å². The summed E-state index contributed by atoms with van der Waals surface area (Å²) in [5.74, 6) is 1.48. The van der Waals surface area contributed by atoms with Crippen LogP contribution < -0.4 is 4.90 Å². The molecule has 0 aliphatic carbocycles. The minimum Gasteiger partial charge on any atom is -0.354 e. The second-order valence-electron chi connectivity index (χ2n) is 7.48. The van der Waals surface area contributed by atoms with Crippen molar-refractivity contribution in [1.82, 2.24) is 19.9 Å². The van der Waals surface area contributed by atoms with Crippen molar-refractivity contribution in [2.45, 2.75) is 38.6 Å². The fraction of sp³-hybridized carbons (Fsp3) is 0.611. The predicted octanol–water partition coefficient (Wildman–Crippen LogP) is 2.23. The van der Waals surface area contributed by atoms with Crippen molar-refractivity contribution in [2.24, 2.45) is 5.92 Å². The Hall–Kier alpha value is -1.95. The van der Waals surface area contributed by atoms with E-state index in [9.17, 15) is 4.79 Å². The molecular formula is C18H25N5O. The van der Waals surface area contributed by atoms with E-state index in [4.69, 9.17) is 0 Å². The van der Waals surface area contributed by atoms with Gasteiger partial charge in [-0.2, -0.15) is 0 Å². The van der Waals surface area contributed by atoms with Gasteiger partial charge in [0.2, 0.25) is 0 Å². The molecule has 4 rings (SSSR count). The van der Waals surface area contributed by atoms with Crippen LogP contribution in [0.3, 0.4) is 0 Å². The van der Waals surface area contributed by atoms with Gasteiger partial charge in [0.1, 0.15) is 23.6 Å². The maximum atomic E-state index is 12.3. The lowest BCUT2D eigenvalue weighted by atomic mass is 9.94. The molecule has 0 bridgehead atoms. The fourth-order valence-electron chi connectivity index (χ4n) is 4.22. The number of aromatic nitrogens is 3. The summed E-state index contributed by atoms with van der Waals surface area (Å²) in [7, 11) is 0. The third-order valence-electron chi connectivity index (χ3n) is 5.70. The minimum atomic E-state index is 0.113. The number of H-pyrrole nitrogens is 1. The molecule has 0 aromatic carbocycles. The highest BCUT2D eigenvalue weighted by atomic mass is 16.1. The number of carbonyl (C=O) groups is 1. The van der Waals surface area contributed by atoms with E-state index < -0.39 is 0 Å². The Bertz CT molecular complexity index is 755. The first-order valence-electron chi connectivity index (χ1n) is 8.90. The van der Waals surface area contributed by atoms with E-state index >= 15 is 0 Å². The van der Waals surface area contributed by atoms with Crippen molar-refractivity contribution in [1.29, 1.82) is 0 Å². The number of nitrogens with zero attached hydrogens (tertiary/aromatic N) is 4. The molecule has 2 saturated heterocycles. The molecule has 0 saturated carbocycles. The monoisotopic (exact) mass is 327 g/mol. The summed E-state index contributed by atoms with van der Waals surface area (Å²) in [5.41, 5.74) is 1.03. The van der Waals surface area contributed by atoms with Crippen LogP contribution in [-0.2, 0) is 4.79 Å². The van der Waals surface area contributed by atoms with Crippen molar-refractivity contribution in [3.63, 3.8) is 0 Å². The molecule has 24 heavy (non-hydrogen) atoms. The Labute approximate surface area is 142 Å². The van der Waals surface area contributed by atoms with Gasteiger partial charge in [0.15, 0.2) is 0 Å². The molecular weight excluding hydrogens is 302 g/mol. The number of nitrogens with one attached hydrogen (secondary N) is 1. The van der Waals surface area contributed by atoms with Crippen LogP contribution in [0.5, 0.6) is 0 Å². The number of hydrogen-bond acceptors (Lipinski definition) is 5. The highest BCUT2D eigenvalue weighted by Gasteiger charge is 2.47. The molecule has 0 amide bonds. The number of aromatic amines is 1. The number of anilines is 1. The highest BCUT2D eigenvalue weighted by Crippen LogP contribution is 2.40. The highest BCUT2D eigenvalue weighted by molar-refractivity contribution is 5.87. The van der Waals surface area contributed by atoms with E-state index in [1.807, 2.05) is 26.1 Å². The van der Waals surface area contributed by atoms with Crippen LogP contribution in [-0.4, -0.2) is 57.4 Å². The molecule has 2 aliphatic rings. The first-order valence-corrected chi connectivity index (χ1v) is 8.90. The summed E-state index contributed by atoms with van der Waals surface area (Å²) in [4.78, 5) is 29.0. The van der Waals surface area contributed by atoms with E-state index in [1.165, 1.54) is 12.8 Å². The summed E-state index contributed by atoms with van der Waals surface area (Å²) >= 11 is 0. The standard InChI is InChI=1S/C18H25N5O/c1-13(2)15(24)10-23-8-3-5-18(23)6-9-22(11-18)17-14-4-7-19-16(14)20-12-21-17/h4,7,12-13H,3,5-6,8-11H2,1-2H3,(H,19,20,21). The number of ketones is 1. The van der Waals surface area contributed by atoms with Crippen molar-refractivity contribution in [3.05, 3.63) is 18.6 Å². The number of hydrogen-bond donors (Lipinski definition) is 1. The van der Waals surface area contributed by atoms with Crippen LogP contribution in [0.25, 0.3) is 11.0 Å². The van der Waals surface area contributed by atoms with Crippen molar-refractivity contribution in [2.75, 3.05) is 31.1 Å². The molecule has 1 spiro atoms. The Balaban J connectivity index is 1.57. The van der Waals surface area contributed by atoms with Gasteiger partial charge in [-0.25, -0.2) is 9.97 Å². The maximum absolute atomic E-state index is 12.3. The summed E-state index contributed by atoms with van der Waals surface area (Å²) in [5, 5.41) is 1.08. The third-order valence-corrected chi connectivity index (χ3v) is 5.70. The van der Waals surface area contributed by atoms with E-state index in [-0.39, 0.29) is 11.5 Å². The van der Waals surface area contributed by atoms with Crippen LogP contribution in [0.15, 0.2) is 18.6 Å². The quantitative estimate of drug-likeness (QED) is 0.933. The summed E-state index contributed by atoms with van der Waals surface area (Å²) in [6, 6.07) is 2.05. The molecule has 2 aromatic rings. The van der Waals surface area contributed by atoms with Crippen molar-refractivity contribution < 1.29 is 4.79 Å². The van der Waals surface area contributed by atoms with Gasteiger partial charge in [-0.15, -0.1) is 0 Å². The summed E-state index contributed by atoms with van der Waals surface area (Å²) in [6.45, 7) is 7.56. The number of likely N-dealkylation sites (tertiary alicyclic amines) is 1. The predicted molar refractivity (Wildman–Crippen MR) is 94.1 cm³/mol. The molecule has 4 heterocycles. The SMILES string of the molecule is CC(C)C(=O)CN1CCCC12CCN(c1ncnc3[nH]ccc13)C2.